The van der Waals surface area contributed by atoms with Gasteiger partial charge >= 0.3 is 40.7 Å². The zero-order chi connectivity index (χ0) is 6.28. The fourth-order valence-electron chi connectivity index (χ4n) is 0. The van der Waals surface area contributed by atoms with Crippen LogP contribution in [0, 0.1) is 0 Å². The third-order valence-electron chi connectivity index (χ3n) is 0. The van der Waals surface area contributed by atoms with E-state index in [1.165, 1.54) is 0 Å². The fraction of sp³-hybridized carbons (Fsp3) is 0. The molecule has 0 saturated carbocycles. The first-order chi connectivity index (χ1) is 3.15. The molecule has 0 amide bonds. The van der Waals surface area contributed by atoms with Gasteiger partial charge in [0, 0.05) is 16.5 Å². The SMILES string of the molecule is O=C(O)O.[Cl][Zn][Cl].[Ni]. The number of carbonyl (C=O) groups is 1. The molecule has 3 nitrogen and oxygen atoms in total. The second kappa shape index (κ2) is 15.7. The van der Waals surface area contributed by atoms with E-state index in [1.54, 1.807) is 0 Å². The number of hydrogen-bond acceptors (Lipinski definition) is 1. The average molecular weight is 257 g/mol. The Kier molecular flexibility index (Phi) is 31.3. The summed E-state index contributed by atoms with van der Waals surface area (Å²) in [5.41, 5.74) is 0. The quantitative estimate of drug-likeness (QED) is 0.648. The zero-order valence-corrected chi connectivity index (χ0v) is 9.05. The van der Waals surface area contributed by atoms with Gasteiger partial charge in [0.15, 0.2) is 0 Å². The van der Waals surface area contributed by atoms with Gasteiger partial charge in [-0.3, -0.25) is 0 Å². The van der Waals surface area contributed by atoms with Gasteiger partial charge in [-0.1, -0.05) is 0 Å². The topological polar surface area (TPSA) is 57.5 Å². The van der Waals surface area contributed by atoms with Gasteiger partial charge in [-0.05, 0) is 0 Å². The molecule has 0 spiro atoms. The molecule has 0 aromatic rings. The first-order valence-corrected chi connectivity index (χ1v) is 8.98. The Morgan fingerprint density at radius 1 is 1.38 bits per heavy atom. The van der Waals surface area contributed by atoms with Crippen LogP contribution in [0.25, 0.3) is 0 Å². The minimum absolute atomic E-state index is 0. The van der Waals surface area contributed by atoms with Crippen molar-refractivity contribution in [2.24, 2.45) is 0 Å². The minimum Gasteiger partial charge on any atom is 0 e. The maximum Gasteiger partial charge on any atom is 0 e. The van der Waals surface area contributed by atoms with Crippen molar-refractivity contribution < 1.29 is 46.6 Å². The predicted octanol–water partition coefficient (Wildman–Crippen LogP) is 1.60. The van der Waals surface area contributed by atoms with Crippen molar-refractivity contribution in [3.63, 3.8) is 0 Å². The molecule has 0 unspecified atom stereocenters. The van der Waals surface area contributed by atoms with Crippen LogP contribution in [0.5, 0.6) is 0 Å². The van der Waals surface area contributed by atoms with Crippen molar-refractivity contribution in [2.75, 3.05) is 0 Å². The Hall–Kier alpha value is 0.967. The van der Waals surface area contributed by atoms with Crippen LogP contribution in [-0.4, -0.2) is 16.4 Å². The molecule has 0 saturated heterocycles. The molecular formula is CH2Cl2NiO3Zn. The van der Waals surface area contributed by atoms with Gasteiger partial charge in [0.1, 0.15) is 0 Å². The van der Waals surface area contributed by atoms with Crippen LogP contribution < -0.4 is 0 Å². The number of hydrogen-bond donors (Lipinski definition) is 2. The molecule has 0 fully saturated rings. The molecule has 0 atom stereocenters. The molecule has 0 aliphatic heterocycles. The second-order valence-corrected chi connectivity index (χ2v) is 5.01. The van der Waals surface area contributed by atoms with Gasteiger partial charge in [-0.25, -0.2) is 4.79 Å². The van der Waals surface area contributed by atoms with Crippen LogP contribution in [0.3, 0.4) is 0 Å². The van der Waals surface area contributed by atoms with E-state index in [9.17, 15) is 0 Å². The monoisotopic (exact) mass is 254 g/mol. The van der Waals surface area contributed by atoms with E-state index in [0.717, 1.165) is 0 Å². The largest absolute Gasteiger partial charge is 0 e. The molecule has 0 radical (unpaired) electrons. The fourth-order valence-corrected chi connectivity index (χ4v) is 0. The van der Waals surface area contributed by atoms with Crippen LogP contribution in [0.1, 0.15) is 0 Å². The molecule has 0 bridgehead atoms. The standard InChI is InChI=1S/CH2O3.2ClH.Ni.Zn/c2-1(3)4;;;;/h(H2,2,3,4);2*1H;;/q;;;;+2/p-2. The van der Waals surface area contributed by atoms with Crippen LogP contribution in [-0.2, 0) is 31.6 Å². The molecule has 0 heterocycles. The maximum atomic E-state index is 8.56. The molecule has 0 aromatic carbocycles. The first-order valence-electron chi connectivity index (χ1n) is 1.19. The Morgan fingerprint density at radius 2 is 1.38 bits per heavy atom. The van der Waals surface area contributed by atoms with Gasteiger partial charge < -0.3 is 10.2 Å². The van der Waals surface area contributed by atoms with Gasteiger partial charge in [0.05, 0.1) is 0 Å². The number of halogens is 2. The molecule has 50 valence electrons. The van der Waals surface area contributed by atoms with Crippen molar-refractivity contribution in [2.45, 2.75) is 0 Å². The smallest absolute Gasteiger partial charge is 0 e. The van der Waals surface area contributed by atoms with Gasteiger partial charge in [0.25, 0.3) is 0 Å². The average Bonchev–Trinajstić information content (AvgIpc) is 1.33. The summed E-state index contributed by atoms with van der Waals surface area (Å²) in [6.07, 6.45) is -1.83. The third-order valence-corrected chi connectivity index (χ3v) is 0. The van der Waals surface area contributed by atoms with Gasteiger partial charge in [-0.15, -0.1) is 0 Å². The summed E-state index contributed by atoms with van der Waals surface area (Å²) in [6.45, 7) is 0. The van der Waals surface area contributed by atoms with E-state index in [0.29, 0.717) is 0 Å². The Morgan fingerprint density at radius 3 is 1.38 bits per heavy atom. The molecule has 0 aliphatic rings. The van der Waals surface area contributed by atoms with Gasteiger partial charge in [-0.2, -0.15) is 0 Å². The Labute approximate surface area is 72.0 Å². The zero-order valence-electron chi connectivity index (χ0n) is 3.58. The van der Waals surface area contributed by atoms with Crippen LogP contribution in [0.4, 0.5) is 4.79 Å². The summed E-state index contributed by atoms with van der Waals surface area (Å²) in [7, 11) is 9.90. The van der Waals surface area contributed by atoms with E-state index in [2.05, 4.69) is 0 Å². The van der Waals surface area contributed by atoms with Crippen LogP contribution in [0.15, 0.2) is 0 Å². The van der Waals surface area contributed by atoms with Crippen molar-refractivity contribution in [1.29, 1.82) is 0 Å². The van der Waals surface area contributed by atoms with Crippen LogP contribution in [0.2, 0.25) is 0 Å². The van der Waals surface area contributed by atoms with Crippen molar-refractivity contribution in [3.8, 4) is 0 Å². The van der Waals surface area contributed by atoms with E-state index in [1.807, 2.05) is 0 Å². The van der Waals surface area contributed by atoms with Crippen molar-refractivity contribution >= 4 is 25.5 Å². The summed E-state index contributed by atoms with van der Waals surface area (Å²) < 4.78 is 0. The van der Waals surface area contributed by atoms with E-state index in [-0.39, 0.29) is 16.5 Å². The molecule has 0 aromatic heterocycles. The van der Waals surface area contributed by atoms with Gasteiger partial charge in [0.2, 0.25) is 0 Å². The maximum absolute atomic E-state index is 8.56. The second-order valence-electron chi connectivity index (χ2n) is 0.384. The molecule has 7 heteroatoms. The van der Waals surface area contributed by atoms with E-state index >= 15 is 0 Å². The Bertz CT molecular complexity index is 48.5. The summed E-state index contributed by atoms with van der Waals surface area (Å²) in [5.74, 6) is 0. The van der Waals surface area contributed by atoms with Crippen LogP contribution >= 0.6 is 19.4 Å². The minimum atomic E-state index is -1.83. The molecule has 2 N–H and O–H groups in total. The normalized spacial score (nSPS) is 4.25. The van der Waals surface area contributed by atoms with Crippen molar-refractivity contribution in [3.05, 3.63) is 0 Å². The first kappa shape index (κ1) is 16.0. The molecule has 0 rings (SSSR count). The number of rotatable bonds is 0. The van der Waals surface area contributed by atoms with E-state index < -0.39 is 21.3 Å². The third kappa shape index (κ3) is 265. The number of carboxylic acid groups (broad SMARTS) is 2. The molecule has 8 heavy (non-hydrogen) atoms. The summed E-state index contributed by atoms with van der Waals surface area (Å²) in [6, 6.07) is 0. The summed E-state index contributed by atoms with van der Waals surface area (Å²) >= 11 is -0.931. The predicted molar refractivity (Wildman–Crippen MR) is 22.4 cm³/mol. The summed E-state index contributed by atoms with van der Waals surface area (Å²) in [4.78, 5) is 8.56. The molecule has 0 aliphatic carbocycles. The van der Waals surface area contributed by atoms with E-state index in [4.69, 9.17) is 34.4 Å². The Balaban J connectivity index is -0.0000000575. The molecular weight excluding hydrogens is 255 g/mol. The van der Waals surface area contributed by atoms with Crippen molar-refractivity contribution in [1.82, 2.24) is 0 Å². The summed E-state index contributed by atoms with van der Waals surface area (Å²) in [5, 5.41) is 13.9.